The van der Waals surface area contributed by atoms with Crippen molar-refractivity contribution in [1.82, 2.24) is 5.32 Å². The summed E-state index contributed by atoms with van der Waals surface area (Å²) in [5, 5.41) is 2.87. The van der Waals surface area contributed by atoms with Crippen molar-refractivity contribution < 1.29 is 13.6 Å². The van der Waals surface area contributed by atoms with E-state index in [9.17, 15) is 13.6 Å². The fourth-order valence-electron chi connectivity index (χ4n) is 2.46. The van der Waals surface area contributed by atoms with Crippen molar-refractivity contribution in [2.24, 2.45) is 5.92 Å². The van der Waals surface area contributed by atoms with Crippen molar-refractivity contribution in [1.29, 1.82) is 0 Å². The molecule has 14 heavy (non-hydrogen) atoms. The molecule has 1 amide bonds. The van der Waals surface area contributed by atoms with E-state index in [1.807, 2.05) is 0 Å². The first-order valence-corrected chi connectivity index (χ1v) is 5.24. The van der Waals surface area contributed by atoms with Crippen LogP contribution in [-0.2, 0) is 4.79 Å². The molecule has 0 aromatic rings. The highest BCUT2D eigenvalue weighted by Crippen LogP contribution is 2.38. The predicted octanol–water partition coefficient (Wildman–Crippen LogP) is 2.09. The van der Waals surface area contributed by atoms with E-state index in [1.54, 1.807) is 0 Å². The van der Waals surface area contributed by atoms with Gasteiger partial charge in [-0.1, -0.05) is 0 Å². The van der Waals surface area contributed by atoms with Crippen molar-refractivity contribution in [2.45, 2.75) is 50.5 Å². The van der Waals surface area contributed by atoms with E-state index in [1.165, 1.54) is 0 Å². The second-order valence-corrected chi connectivity index (χ2v) is 4.41. The predicted molar refractivity (Wildman–Crippen MR) is 48.1 cm³/mol. The molecule has 1 heterocycles. The fourth-order valence-corrected chi connectivity index (χ4v) is 2.46. The van der Waals surface area contributed by atoms with Gasteiger partial charge >= 0.3 is 0 Å². The standard InChI is InChI=1S/C10H15F2NO/c11-10(12)5-3-7(4-6-10)8-1-2-9(14)13-8/h7-8H,1-6H2,(H,13,14). The Labute approximate surface area is 82.1 Å². The summed E-state index contributed by atoms with van der Waals surface area (Å²) >= 11 is 0. The minimum Gasteiger partial charge on any atom is -0.353 e. The van der Waals surface area contributed by atoms with Crippen molar-refractivity contribution in [3.8, 4) is 0 Å². The van der Waals surface area contributed by atoms with Gasteiger partial charge in [0.05, 0.1) is 0 Å². The van der Waals surface area contributed by atoms with E-state index < -0.39 is 5.92 Å². The molecule has 2 aliphatic rings. The summed E-state index contributed by atoms with van der Waals surface area (Å²) in [5.74, 6) is -2.10. The first-order valence-electron chi connectivity index (χ1n) is 5.24. The molecule has 0 aromatic carbocycles. The van der Waals surface area contributed by atoms with Crippen LogP contribution in [0.2, 0.25) is 0 Å². The maximum absolute atomic E-state index is 12.9. The number of amides is 1. The summed E-state index contributed by atoms with van der Waals surface area (Å²) in [7, 11) is 0. The molecular weight excluding hydrogens is 188 g/mol. The molecule has 1 atom stereocenters. The van der Waals surface area contributed by atoms with Gasteiger partial charge in [0.25, 0.3) is 0 Å². The number of rotatable bonds is 1. The maximum Gasteiger partial charge on any atom is 0.248 e. The Balaban J connectivity index is 1.86. The van der Waals surface area contributed by atoms with Crippen molar-refractivity contribution in [2.75, 3.05) is 0 Å². The molecule has 2 fully saturated rings. The molecule has 2 nitrogen and oxygen atoms in total. The Bertz CT molecular complexity index is 232. The van der Waals surface area contributed by atoms with E-state index in [4.69, 9.17) is 0 Å². The van der Waals surface area contributed by atoms with E-state index in [-0.39, 0.29) is 30.7 Å². The molecule has 4 heteroatoms. The molecule has 0 spiro atoms. The van der Waals surface area contributed by atoms with Crippen LogP contribution in [0.5, 0.6) is 0 Å². The van der Waals surface area contributed by atoms with Crippen LogP contribution in [0.3, 0.4) is 0 Å². The first kappa shape index (κ1) is 9.87. The van der Waals surface area contributed by atoms with Crippen LogP contribution in [0, 0.1) is 5.92 Å². The minimum atomic E-state index is -2.46. The van der Waals surface area contributed by atoms with Crippen LogP contribution < -0.4 is 5.32 Å². The molecule has 1 saturated carbocycles. The Kier molecular flexibility index (Phi) is 2.45. The third kappa shape index (κ3) is 2.04. The summed E-state index contributed by atoms with van der Waals surface area (Å²) in [6, 6.07) is 0.165. The molecule has 1 saturated heterocycles. The van der Waals surface area contributed by atoms with Crippen LogP contribution in [0.25, 0.3) is 0 Å². The zero-order valence-electron chi connectivity index (χ0n) is 8.06. The number of halogens is 2. The third-order valence-electron chi connectivity index (χ3n) is 3.36. The SMILES string of the molecule is O=C1CCC(C2CCC(F)(F)CC2)N1. The second kappa shape index (κ2) is 3.48. The number of carbonyl (C=O) groups excluding carboxylic acids is 1. The normalized spacial score (nSPS) is 33.0. The largest absolute Gasteiger partial charge is 0.353 e. The molecular formula is C10H15F2NO. The lowest BCUT2D eigenvalue weighted by Crippen LogP contribution is -2.37. The van der Waals surface area contributed by atoms with Gasteiger partial charge in [0.1, 0.15) is 0 Å². The van der Waals surface area contributed by atoms with Gasteiger partial charge in [-0.2, -0.15) is 0 Å². The Morgan fingerprint density at radius 3 is 2.36 bits per heavy atom. The van der Waals surface area contributed by atoms with E-state index in [2.05, 4.69) is 5.32 Å². The molecule has 0 radical (unpaired) electrons. The summed E-state index contributed by atoms with van der Waals surface area (Å²) in [4.78, 5) is 11.0. The van der Waals surface area contributed by atoms with Gasteiger partial charge < -0.3 is 5.32 Å². The van der Waals surface area contributed by atoms with E-state index >= 15 is 0 Å². The van der Waals surface area contributed by atoms with E-state index in [0.717, 1.165) is 6.42 Å². The second-order valence-electron chi connectivity index (χ2n) is 4.41. The van der Waals surface area contributed by atoms with Crippen LogP contribution in [0.1, 0.15) is 38.5 Å². The molecule has 80 valence electrons. The lowest BCUT2D eigenvalue weighted by atomic mass is 9.81. The molecule has 1 aliphatic carbocycles. The third-order valence-corrected chi connectivity index (χ3v) is 3.36. The molecule has 0 aromatic heterocycles. The zero-order valence-corrected chi connectivity index (χ0v) is 8.06. The lowest BCUT2D eigenvalue weighted by Gasteiger charge is -2.31. The van der Waals surface area contributed by atoms with Crippen LogP contribution >= 0.6 is 0 Å². The Morgan fingerprint density at radius 1 is 1.21 bits per heavy atom. The van der Waals surface area contributed by atoms with E-state index in [0.29, 0.717) is 19.3 Å². The van der Waals surface area contributed by atoms with Gasteiger partial charge in [-0.25, -0.2) is 8.78 Å². The lowest BCUT2D eigenvalue weighted by molar-refractivity contribution is -0.119. The summed E-state index contributed by atoms with van der Waals surface area (Å²) in [6.07, 6.45) is 2.48. The summed E-state index contributed by atoms with van der Waals surface area (Å²) in [6.45, 7) is 0. The van der Waals surface area contributed by atoms with Gasteiger partial charge in [0.2, 0.25) is 11.8 Å². The Hall–Kier alpha value is -0.670. The average Bonchev–Trinajstić information content (AvgIpc) is 2.52. The average molecular weight is 203 g/mol. The smallest absolute Gasteiger partial charge is 0.248 e. The first-order chi connectivity index (χ1) is 6.57. The van der Waals surface area contributed by atoms with Gasteiger partial charge in [0.15, 0.2) is 0 Å². The zero-order chi connectivity index (χ0) is 10.2. The highest BCUT2D eigenvalue weighted by molar-refractivity contribution is 5.78. The molecule has 1 aliphatic heterocycles. The summed E-state index contributed by atoms with van der Waals surface area (Å²) < 4.78 is 25.7. The molecule has 1 unspecified atom stereocenters. The van der Waals surface area contributed by atoms with Crippen molar-refractivity contribution in [3.05, 3.63) is 0 Å². The number of hydrogen-bond acceptors (Lipinski definition) is 1. The molecule has 2 rings (SSSR count). The van der Waals surface area contributed by atoms with Crippen molar-refractivity contribution >= 4 is 5.91 Å². The van der Waals surface area contributed by atoms with Crippen LogP contribution in [-0.4, -0.2) is 17.9 Å². The quantitative estimate of drug-likeness (QED) is 0.694. The van der Waals surface area contributed by atoms with Crippen molar-refractivity contribution in [3.63, 3.8) is 0 Å². The topological polar surface area (TPSA) is 29.1 Å². The Morgan fingerprint density at radius 2 is 1.86 bits per heavy atom. The minimum absolute atomic E-state index is 0.00988. The van der Waals surface area contributed by atoms with Crippen LogP contribution in [0.4, 0.5) is 8.78 Å². The maximum atomic E-state index is 12.9. The molecule has 0 bridgehead atoms. The van der Waals surface area contributed by atoms with Crippen LogP contribution in [0.15, 0.2) is 0 Å². The van der Waals surface area contributed by atoms with Gasteiger partial charge in [-0.15, -0.1) is 0 Å². The fraction of sp³-hybridized carbons (Fsp3) is 0.900. The highest BCUT2D eigenvalue weighted by Gasteiger charge is 2.39. The van der Waals surface area contributed by atoms with Gasteiger partial charge in [-0.05, 0) is 25.2 Å². The number of alkyl halides is 2. The number of hydrogen-bond donors (Lipinski definition) is 1. The number of carbonyl (C=O) groups is 1. The van der Waals surface area contributed by atoms with Gasteiger partial charge in [0, 0.05) is 25.3 Å². The highest BCUT2D eigenvalue weighted by atomic mass is 19.3. The summed E-state index contributed by atoms with van der Waals surface area (Å²) in [5.41, 5.74) is 0. The van der Waals surface area contributed by atoms with Gasteiger partial charge in [-0.3, -0.25) is 4.79 Å². The molecule has 1 N–H and O–H groups in total. The monoisotopic (exact) mass is 203 g/mol. The number of nitrogens with one attached hydrogen (secondary N) is 1.